The third kappa shape index (κ3) is 4.56. The lowest BCUT2D eigenvalue weighted by Crippen LogP contribution is -2.28. The molecule has 1 aliphatic rings. The fourth-order valence-electron chi connectivity index (χ4n) is 3.54. The molecule has 0 saturated carbocycles. The van der Waals surface area contributed by atoms with Crippen LogP contribution in [-0.4, -0.2) is 26.7 Å². The van der Waals surface area contributed by atoms with Crippen LogP contribution in [0.3, 0.4) is 0 Å². The van der Waals surface area contributed by atoms with Crippen molar-refractivity contribution < 1.29 is 19.0 Å². The van der Waals surface area contributed by atoms with E-state index in [1.54, 1.807) is 14.2 Å². The average Bonchev–Trinajstić information content (AvgIpc) is 2.82. The van der Waals surface area contributed by atoms with Crippen molar-refractivity contribution in [1.29, 1.82) is 0 Å². The zero-order valence-corrected chi connectivity index (χ0v) is 17.9. The quantitative estimate of drug-likeness (QED) is 0.630. The molecule has 0 fully saturated rings. The van der Waals surface area contributed by atoms with E-state index in [4.69, 9.17) is 14.2 Å². The SMILES string of the molecule is COc1ccc(OC)c(CNC(=O)C2=Cc3cc(-c4ccc(C)cc4)ccc3OC2)c1. The lowest BCUT2D eigenvalue weighted by Gasteiger charge is -2.19. The molecular formula is C26H25NO4. The molecule has 158 valence electrons. The van der Waals surface area contributed by atoms with E-state index in [-0.39, 0.29) is 12.5 Å². The Balaban J connectivity index is 1.52. The van der Waals surface area contributed by atoms with E-state index in [9.17, 15) is 4.79 Å². The molecule has 4 rings (SSSR count). The first-order chi connectivity index (χ1) is 15.1. The maximum atomic E-state index is 12.8. The molecule has 0 atom stereocenters. The fraction of sp³-hybridized carbons (Fsp3) is 0.192. The topological polar surface area (TPSA) is 56.8 Å². The number of carbonyl (C=O) groups excluding carboxylic acids is 1. The Morgan fingerprint density at radius 2 is 1.74 bits per heavy atom. The minimum absolute atomic E-state index is 0.170. The van der Waals surface area contributed by atoms with Gasteiger partial charge in [-0.15, -0.1) is 0 Å². The molecular weight excluding hydrogens is 390 g/mol. The summed E-state index contributed by atoms with van der Waals surface area (Å²) in [5, 5.41) is 2.96. The fourth-order valence-corrected chi connectivity index (χ4v) is 3.54. The van der Waals surface area contributed by atoms with Crippen molar-refractivity contribution in [3.05, 3.63) is 82.9 Å². The predicted octanol–water partition coefficient (Wildman–Crippen LogP) is 4.77. The minimum atomic E-state index is -0.170. The van der Waals surface area contributed by atoms with Crippen LogP contribution in [0.5, 0.6) is 17.2 Å². The van der Waals surface area contributed by atoms with Gasteiger partial charge in [-0.25, -0.2) is 0 Å². The van der Waals surface area contributed by atoms with Crippen molar-refractivity contribution in [2.45, 2.75) is 13.5 Å². The molecule has 31 heavy (non-hydrogen) atoms. The summed E-state index contributed by atoms with van der Waals surface area (Å²) < 4.78 is 16.5. The molecule has 1 N–H and O–H groups in total. The molecule has 1 amide bonds. The number of methoxy groups -OCH3 is 2. The smallest absolute Gasteiger partial charge is 0.250 e. The van der Waals surface area contributed by atoms with Crippen molar-refractivity contribution in [2.75, 3.05) is 20.8 Å². The number of rotatable bonds is 6. The first kappa shape index (κ1) is 20.5. The van der Waals surface area contributed by atoms with E-state index in [0.717, 1.165) is 28.0 Å². The van der Waals surface area contributed by atoms with Crippen LogP contribution < -0.4 is 19.5 Å². The van der Waals surface area contributed by atoms with E-state index in [0.29, 0.717) is 23.6 Å². The number of benzene rings is 3. The van der Waals surface area contributed by atoms with E-state index in [1.807, 2.05) is 36.4 Å². The van der Waals surface area contributed by atoms with Gasteiger partial charge in [0.05, 0.1) is 19.8 Å². The lowest BCUT2D eigenvalue weighted by molar-refractivity contribution is -0.117. The lowest BCUT2D eigenvalue weighted by atomic mass is 9.99. The highest BCUT2D eigenvalue weighted by Gasteiger charge is 2.18. The molecule has 0 radical (unpaired) electrons. The number of nitrogens with one attached hydrogen (secondary N) is 1. The normalized spacial score (nSPS) is 12.3. The van der Waals surface area contributed by atoms with Crippen molar-refractivity contribution in [1.82, 2.24) is 5.32 Å². The minimum Gasteiger partial charge on any atom is -0.497 e. The maximum Gasteiger partial charge on any atom is 0.250 e. The second kappa shape index (κ2) is 8.96. The van der Waals surface area contributed by atoms with Crippen LogP contribution in [0.4, 0.5) is 0 Å². The van der Waals surface area contributed by atoms with Crippen LogP contribution in [0, 0.1) is 6.92 Å². The summed E-state index contributed by atoms with van der Waals surface area (Å²) in [6.45, 7) is 2.63. The number of aryl methyl sites for hydroxylation is 1. The number of hydrogen-bond acceptors (Lipinski definition) is 4. The summed E-state index contributed by atoms with van der Waals surface area (Å²) >= 11 is 0. The Labute approximate surface area is 182 Å². The van der Waals surface area contributed by atoms with Crippen LogP contribution in [0.2, 0.25) is 0 Å². The summed E-state index contributed by atoms with van der Waals surface area (Å²) in [5.74, 6) is 2.02. The zero-order chi connectivity index (χ0) is 21.8. The van der Waals surface area contributed by atoms with Gasteiger partial charge in [0.1, 0.15) is 23.9 Å². The molecule has 5 nitrogen and oxygen atoms in total. The van der Waals surface area contributed by atoms with Crippen LogP contribution in [0.25, 0.3) is 17.2 Å². The first-order valence-electron chi connectivity index (χ1n) is 10.1. The van der Waals surface area contributed by atoms with Crippen LogP contribution >= 0.6 is 0 Å². The predicted molar refractivity (Wildman–Crippen MR) is 121 cm³/mol. The Hall–Kier alpha value is -3.73. The second-order valence-corrected chi connectivity index (χ2v) is 7.44. The van der Waals surface area contributed by atoms with E-state index in [1.165, 1.54) is 5.56 Å². The Morgan fingerprint density at radius 3 is 2.48 bits per heavy atom. The van der Waals surface area contributed by atoms with E-state index in [2.05, 4.69) is 42.6 Å². The summed E-state index contributed by atoms with van der Waals surface area (Å²) in [6, 6.07) is 19.9. The van der Waals surface area contributed by atoms with E-state index < -0.39 is 0 Å². The van der Waals surface area contributed by atoms with Gasteiger partial charge in [0.25, 0.3) is 5.91 Å². The number of fused-ring (bicyclic) bond motifs is 1. The van der Waals surface area contributed by atoms with Gasteiger partial charge >= 0.3 is 0 Å². The third-order valence-electron chi connectivity index (χ3n) is 5.33. The Kier molecular flexibility index (Phi) is 5.94. The Morgan fingerprint density at radius 1 is 0.968 bits per heavy atom. The molecule has 0 unspecified atom stereocenters. The van der Waals surface area contributed by atoms with Gasteiger partial charge < -0.3 is 19.5 Å². The summed E-state index contributed by atoms with van der Waals surface area (Å²) in [7, 11) is 3.21. The van der Waals surface area contributed by atoms with Crippen molar-refractivity contribution in [3.63, 3.8) is 0 Å². The largest absolute Gasteiger partial charge is 0.497 e. The second-order valence-electron chi connectivity index (χ2n) is 7.44. The molecule has 1 aliphatic heterocycles. The number of carbonyl (C=O) groups is 1. The summed E-state index contributed by atoms with van der Waals surface area (Å²) in [6.07, 6.45) is 1.90. The molecule has 0 aliphatic carbocycles. The van der Waals surface area contributed by atoms with Gasteiger partial charge in [-0.05, 0) is 54.5 Å². The molecule has 1 heterocycles. The molecule has 0 aromatic heterocycles. The zero-order valence-electron chi connectivity index (χ0n) is 17.9. The average molecular weight is 415 g/mol. The van der Waals surface area contributed by atoms with Gasteiger partial charge in [0.2, 0.25) is 0 Å². The van der Waals surface area contributed by atoms with Gasteiger partial charge in [-0.2, -0.15) is 0 Å². The Bertz CT molecular complexity index is 1130. The molecule has 3 aromatic carbocycles. The van der Waals surface area contributed by atoms with Gasteiger partial charge in [-0.3, -0.25) is 4.79 Å². The van der Waals surface area contributed by atoms with Crippen LogP contribution in [-0.2, 0) is 11.3 Å². The molecule has 0 spiro atoms. The molecule has 3 aromatic rings. The van der Waals surface area contributed by atoms with Crippen molar-refractivity contribution in [3.8, 4) is 28.4 Å². The third-order valence-corrected chi connectivity index (χ3v) is 5.33. The number of hydrogen-bond donors (Lipinski definition) is 1. The number of amides is 1. The van der Waals surface area contributed by atoms with Crippen molar-refractivity contribution in [2.24, 2.45) is 0 Å². The van der Waals surface area contributed by atoms with E-state index >= 15 is 0 Å². The van der Waals surface area contributed by atoms with Gasteiger partial charge in [0.15, 0.2) is 0 Å². The highest BCUT2D eigenvalue weighted by Crippen LogP contribution is 2.31. The summed E-state index contributed by atoms with van der Waals surface area (Å²) in [5.41, 5.74) is 5.75. The molecule has 0 bridgehead atoms. The maximum absolute atomic E-state index is 12.8. The van der Waals surface area contributed by atoms with Crippen LogP contribution in [0.1, 0.15) is 16.7 Å². The van der Waals surface area contributed by atoms with Crippen molar-refractivity contribution >= 4 is 12.0 Å². The summed E-state index contributed by atoms with van der Waals surface area (Å²) in [4.78, 5) is 12.8. The van der Waals surface area contributed by atoms with Gasteiger partial charge in [0, 0.05) is 17.7 Å². The first-order valence-corrected chi connectivity index (χ1v) is 10.1. The van der Waals surface area contributed by atoms with Gasteiger partial charge in [-0.1, -0.05) is 35.9 Å². The number of ether oxygens (including phenoxy) is 3. The standard InChI is InChI=1S/C26H25NO4/c1-17-4-6-18(7-5-17)19-8-10-25-20(12-19)13-22(16-31-25)26(28)27-15-21-14-23(29-2)9-11-24(21)30-3/h4-14H,15-16H2,1-3H3,(H,27,28). The molecule has 5 heteroatoms. The highest BCUT2D eigenvalue weighted by molar-refractivity contribution is 5.99. The monoisotopic (exact) mass is 415 g/mol. The van der Waals surface area contributed by atoms with Crippen LogP contribution in [0.15, 0.2) is 66.2 Å². The highest BCUT2D eigenvalue weighted by atomic mass is 16.5. The molecule has 0 saturated heterocycles.